The van der Waals surface area contributed by atoms with Gasteiger partial charge in [-0.25, -0.2) is 0 Å². The van der Waals surface area contributed by atoms with Crippen LogP contribution in [0.15, 0.2) is 249 Å². The summed E-state index contributed by atoms with van der Waals surface area (Å²) >= 11 is 1.87. The Bertz CT molecular complexity index is 3940. The maximum atomic E-state index is 2.48. The lowest BCUT2D eigenvalue weighted by Crippen LogP contribution is -2.14. The molecule has 13 aromatic rings. The van der Waals surface area contributed by atoms with E-state index in [9.17, 15) is 0 Å². The Morgan fingerprint density at radius 2 is 0.833 bits per heavy atom. The first-order chi connectivity index (χ1) is 32.7. The highest BCUT2D eigenvalue weighted by Crippen LogP contribution is 2.51. The Kier molecular flexibility index (Phi) is 9.03. The Labute approximate surface area is 386 Å². The van der Waals surface area contributed by atoms with Crippen molar-refractivity contribution in [3.63, 3.8) is 0 Å². The fourth-order valence-electron chi connectivity index (χ4n) is 10.1. The molecular formula is C62H41N3S. The number of nitrogens with zero attached hydrogens (tertiary/aromatic N) is 3. The highest BCUT2D eigenvalue weighted by molar-refractivity contribution is 7.26. The Balaban J connectivity index is 1.10. The maximum absolute atomic E-state index is 2.48. The number of benzene rings is 11. The minimum absolute atomic E-state index is 1.08. The zero-order valence-corrected chi connectivity index (χ0v) is 36.7. The number of anilines is 6. The van der Waals surface area contributed by atoms with E-state index in [0.29, 0.717) is 0 Å². The van der Waals surface area contributed by atoms with Crippen molar-refractivity contribution in [1.82, 2.24) is 4.57 Å². The summed E-state index contributed by atoms with van der Waals surface area (Å²) in [6, 6.07) is 90.8. The molecule has 0 spiro atoms. The van der Waals surface area contributed by atoms with Gasteiger partial charge in [0.1, 0.15) is 0 Å². The summed E-state index contributed by atoms with van der Waals surface area (Å²) in [5.41, 5.74) is 12.6. The molecule has 310 valence electrons. The highest BCUT2D eigenvalue weighted by atomic mass is 32.1. The van der Waals surface area contributed by atoms with Crippen LogP contribution < -0.4 is 9.80 Å². The van der Waals surface area contributed by atoms with Crippen LogP contribution in [0.1, 0.15) is 0 Å². The van der Waals surface area contributed by atoms with Crippen LogP contribution in [-0.4, -0.2) is 4.57 Å². The third-order valence-electron chi connectivity index (χ3n) is 13.1. The molecule has 66 heavy (non-hydrogen) atoms. The number of hydrogen-bond acceptors (Lipinski definition) is 3. The minimum atomic E-state index is 1.08. The molecule has 0 unspecified atom stereocenters. The largest absolute Gasteiger partial charge is 0.310 e. The molecule has 0 aliphatic heterocycles. The zero-order valence-electron chi connectivity index (χ0n) is 35.9. The summed E-state index contributed by atoms with van der Waals surface area (Å²) in [7, 11) is 0. The number of para-hydroxylation sites is 4. The van der Waals surface area contributed by atoms with Crippen molar-refractivity contribution in [1.29, 1.82) is 0 Å². The summed E-state index contributed by atoms with van der Waals surface area (Å²) in [4.78, 5) is 4.92. The van der Waals surface area contributed by atoms with Crippen LogP contribution in [0.3, 0.4) is 0 Å². The Hall–Kier alpha value is -8.44. The SMILES string of the molecule is c1ccc(N(c2cc(N(c3ccccc3)c3cccc4ccccc34)c3sc4ccc(-c5ccc6c7ccccc7n(-c7ccccc7)c6c5)cc4c3c2)c2cccc3ccccc23)cc1. The van der Waals surface area contributed by atoms with Gasteiger partial charge in [-0.15, -0.1) is 11.3 Å². The predicted molar refractivity (Wildman–Crippen MR) is 283 cm³/mol. The minimum Gasteiger partial charge on any atom is -0.310 e. The van der Waals surface area contributed by atoms with E-state index in [1.165, 1.54) is 74.6 Å². The summed E-state index contributed by atoms with van der Waals surface area (Å²) in [5.74, 6) is 0. The van der Waals surface area contributed by atoms with E-state index < -0.39 is 0 Å². The number of fused-ring (bicyclic) bond motifs is 8. The quantitative estimate of drug-likeness (QED) is 0.151. The van der Waals surface area contributed by atoms with Crippen molar-refractivity contribution >= 4 is 109 Å². The number of hydrogen-bond donors (Lipinski definition) is 0. The van der Waals surface area contributed by atoms with Gasteiger partial charge in [-0.3, -0.25) is 0 Å². The molecule has 0 fully saturated rings. The molecular weight excluding hydrogens is 819 g/mol. The van der Waals surface area contributed by atoms with Crippen LogP contribution >= 0.6 is 11.3 Å². The number of rotatable bonds is 8. The van der Waals surface area contributed by atoms with Gasteiger partial charge < -0.3 is 14.4 Å². The van der Waals surface area contributed by atoms with E-state index in [1.807, 2.05) is 11.3 Å². The maximum Gasteiger partial charge on any atom is 0.0661 e. The molecule has 11 aromatic carbocycles. The smallest absolute Gasteiger partial charge is 0.0661 e. The number of aromatic nitrogens is 1. The summed E-state index contributed by atoms with van der Waals surface area (Å²) in [6.07, 6.45) is 0. The van der Waals surface area contributed by atoms with Gasteiger partial charge in [0.2, 0.25) is 0 Å². The number of thiophene rings is 1. The molecule has 4 heteroatoms. The monoisotopic (exact) mass is 859 g/mol. The standard InChI is InChI=1S/C62H41N3S/c1-4-22-46(23-5-1)63(56-32-16-20-42-18-10-12-28-50(42)56)49-40-55-54-38-44(45-34-36-53-52-30-14-15-31-58(52)64(59(53)39-45)47-24-6-2-7-25-47)35-37-61(54)66-62(55)60(41-49)65(48-26-8-3-9-27-48)57-33-17-21-43-19-11-13-29-51(43)57/h1-41H. The van der Waals surface area contributed by atoms with Crippen molar-refractivity contribution < 1.29 is 0 Å². The van der Waals surface area contributed by atoms with Crippen LogP contribution in [0.5, 0.6) is 0 Å². The fourth-order valence-corrected chi connectivity index (χ4v) is 11.3. The first-order valence-electron chi connectivity index (χ1n) is 22.5. The second-order valence-electron chi connectivity index (χ2n) is 16.9. The molecule has 0 aliphatic carbocycles. The van der Waals surface area contributed by atoms with E-state index in [1.54, 1.807) is 0 Å². The second kappa shape index (κ2) is 15.7. The lowest BCUT2D eigenvalue weighted by atomic mass is 10.00. The summed E-state index contributed by atoms with van der Waals surface area (Å²) in [5, 5.41) is 9.75. The van der Waals surface area contributed by atoms with Gasteiger partial charge in [-0.05, 0) is 107 Å². The van der Waals surface area contributed by atoms with Crippen molar-refractivity contribution in [2.75, 3.05) is 9.80 Å². The first kappa shape index (κ1) is 38.1. The third-order valence-corrected chi connectivity index (χ3v) is 14.3. The predicted octanol–water partition coefficient (Wildman–Crippen LogP) is 18.1. The van der Waals surface area contributed by atoms with Crippen molar-refractivity contribution in [2.45, 2.75) is 0 Å². The van der Waals surface area contributed by atoms with E-state index in [2.05, 4.69) is 263 Å². The highest BCUT2D eigenvalue weighted by Gasteiger charge is 2.25. The van der Waals surface area contributed by atoms with Crippen LogP contribution in [0.2, 0.25) is 0 Å². The van der Waals surface area contributed by atoms with E-state index in [-0.39, 0.29) is 0 Å². The zero-order chi connectivity index (χ0) is 43.6. The average Bonchev–Trinajstić information content (AvgIpc) is 3.93. The van der Waals surface area contributed by atoms with Gasteiger partial charge in [0.05, 0.1) is 32.8 Å². The average molecular weight is 860 g/mol. The van der Waals surface area contributed by atoms with Crippen LogP contribution in [0.25, 0.3) is 80.3 Å². The molecule has 0 N–H and O–H groups in total. The van der Waals surface area contributed by atoms with Crippen LogP contribution in [-0.2, 0) is 0 Å². The van der Waals surface area contributed by atoms with Gasteiger partial charge >= 0.3 is 0 Å². The van der Waals surface area contributed by atoms with Gasteiger partial charge in [0.15, 0.2) is 0 Å². The molecule has 3 nitrogen and oxygen atoms in total. The molecule has 2 heterocycles. The molecule has 0 saturated carbocycles. The molecule has 0 amide bonds. The molecule has 0 saturated heterocycles. The Morgan fingerprint density at radius 3 is 1.53 bits per heavy atom. The Morgan fingerprint density at radius 1 is 0.303 bits per heavy atom. The molecule has 0 aliphatic rings. The summed E-state index contributed by atoms with van der Waals surface area (Å²) in [6.45, 7) is 0. The van der Waals surface area contributed by atoms with Gasteiger partial charge in [-0.1, -0.05) is 164 Å². The van der Waals surface area contributed by atoms with E-state index >= 15 is 0 Å². The fraction of sp³-hybridized carbons (Fsp3) is 0. The van der Waals surface area contributed by atoms with Gasteiger partial charge in [0.25, 0.3) is 0 Å². The van der Waals surface area contributed by atoms with E-state index in [0.717, 1.165) is 39.8 Å². The molecule has 13 rings (SSSR count). The first-order valence-corrected chi connectivity index (χ1v) is 23.3. The molecule has 0 atom stereocenters. The lowest BCUT2D eigenvalue weighted by Gasteiger charge is -2.31. The third kappa shape index (κ3) is 6.26. The van der Waals surface area contributed by atoms with Crippen molar-refractivity contribution in [3.8, 4) is 16.8 Å². The second-order valence-corrected chi connectivity index (χ2v) is 18.0. The van der Waals surface area contributed by atoms with Gasteiger partial charge in [-0.2, -0.15) is 0 Å². The van der Waals surface area contributed by atoms with Crippen molar-refractivity contribution in [3.05, 3.63) is 249 Å². The van der Waals surface area contributed by atoms with Gasteiger partial charge in [0, 0.05) is 59.8 Å². The molecule has 2 aromatic heterocycles. The van der Waals surface area contributed by atoms with Crippen LogP contribution in [0.4, 0.5) is 34.1 Å². The van der Waals surface area contributed by atoms with Crippen LogP contribution in [0, 0.1) is 0 Å². The van der Waals surface area contributed by atoms with E-state index in [4.69, 9.17) is 0 Å². The lowest BCUT2D eigenvalue weighted by molar-refractivity contribution is 1.18. The van der Waals surface area contributed by atoms with Crippen molar-refractivity contribution in [2.24, 2.45) is 0 Å². The molecule has 0 radical (unpaired) electrons. The topological polar surface area (TPSA) is 11.4 Å². The molecule has 0 bridgehead atoms. The normalized spacial score (nSPS) is 11.6. The summed E-state index contributed by atoms with van der Waals surface area (Å²) < 4.78 is 4.88.